The number of methoxy groups -OCH3 is 1. The highest BCUT2D eigenvalue weighted by Gasteiger charge is 2.24. The van der Waals surface area contributed by atoms with Gasteiger partial charge in [-0.2, -0.15) is 9.78 Å². The Balaban J connectivity index is 1.55. The second-order valence-electron chi connectivity index (χ2n) is 7.05. The summed E-state index contributed by atoms with van der Waals surface area (Å²) in [5, 5.41) is 38.0. The molecule has 3 aromatic heterocycles. The maximum absolute atomic E-state index is 12.8. The summed E-state index contributed by atoms with van der Waals surface area (Å²) in [6, 6.07) is 5.83. The molecule has 0 aliphatic heterocycles. The zero-order valence-corrected chi connectivity index (χ0v) is 18.6. The predicted molar refractivity (Wildman–Crippen MR) is 117 cm³/mol. The first-order valence-electron chi connectivity index (χ1n) is 9.85. The molecule has 0 saturated heterocycles. The van der Waals surface area contributed by atoms with Gasteiger partial charge in [-0.1, -0.05) is 10.4 Å². The number of non-ortho nitro benzene ring substituents is 1. The lowest BCUT2D eigenvalue weighted by Gasteiger charge is -2.05. The van der Waals surface area contributed by atoms with Crippen molar-refractivity contribution in [1.29, 1.82) is 0 Å². The van der Waals surface area contributed by atoms with Gasteiger partial charge in [0.15, 0.2) is 5.69 Å². The topological polar surface area (TPSA) is 220 Å². The van der Waals surface area contributed by atoms with Crippen LogP contribution in [-0.4, -0.2) is 64.0 Å². The second kappa shape index (κ2) is 9.43. The number of carbonyl (C=O) groups excluding carboxylic acids is 1. The third kappa shape index (κ3) is 4.42. The molecule has 35 heavy (non-hydrogen) atoms. The lowest BCUT2D eigenvalue weighted by atomic mass is 10.2. The fourth-order valence-corrected chi connectivity index (χ4v) is 3.12. The lowest BCUT2D eigenvalue weighted by Crippen LogP contribution is -2.22. The van der Waals surface area contributed by atoms with Crippen LogP contribution in [0.15, 0.2) is 34.0 Å². The van der Waals surface area contributed by atoms with Crippen LogP contribution in [0.3, 0.4) is 0 Å². The Bertz CT molecular complexity index is 1420. The highest BCUT2D eigenvalue weighted by Crippen LogP contribution is 2.18. The molecule has 4 rings (SSSR count). The molecule has 3 N–H and O–H groups in total. The van der Waals surface area contributed by atoms with Crippen molar-refractivity contribution in [2.24, 2.45) is 5.10 Å². The number of aromatic nitrogens is 8. The van der Waals surface area contributed by atoms with Crippen molar-refractivity contribution in [3.05, 3.63) is 57.2 Å². The van der Waals surface area contributed by atoms with Crippen LogP contribution >= 0.6 is 0 Å². The monoisotopic (exact) mass is 482 g/mol. The predicted octanol–water partition coefficient (Wildman–Crippen LogP) is 0.330. The van der Waals surface area contributed by atoms with Gasteiger partial charge in [0.2, 0.25) is 11.6 Å². The molecule has 4 aromatic rings. The number of hydrogen-bond acceptors (Lipinski definition) is 13. The minimum absolute atomic E-state index is 0.0343. The quantitative estimate of drug-likeness (QED) is 0.197. The Morgan fingerprint density at radius 3 is 2.51 bits per heavy atom. The van der Waals surface area contributed by atoms with Crippen LogP contribution in [0.25, 0.3) is 11.5 Å². The number of hydrazone groups is 1. The molecular weight excluding hydrogens is 464 g/mol. The van der Waals surface area contributed by atoms with Crippen molar-refractivity contribution in [3.63, 3.8) is 0 Å². The summed E-state index contributed by atoms with van der Waals surface area (Å²) in [5.41, 5.74) is 10.2. The molecule has 0 radical (unpaired) electrons. The van der Waals surface area contributed by atoms with Gasteiger partial charge < -0.3 is 10.5 Å². The van der Waals surface area contributed by atoms with Crippen molar-refractivity contribution < 1.29 is 19.1 Å². The zero-order chi connectivity index (χ0) is 25.1. The molecule has 17 nitrogen and oxygen atoms in total. The smallest absolute Gasteiger partial charge is 0.293 e. The van der Waals surface area contributed by atoms with Crippen LogP contribution < -0.4 is 11.2 Å². The van der Waals surface area contributed by atoms with Crippen LogP contribution in [0.1, 0.15) is 34.5 Å². The first-order chi connectivity index (χ1) is 16.8. The van der Waals surface area contributed by atoms with Crippen molar-refractivity contribution in [1.82, 2.24) is 45.7 Å². The molecular formula is C18H18N12O5. The van der Waals surface area contributed by atoms with Gasteiger partial charge >= 0.3 is 0 Å². The highest BCUT2D eigenvalue weighted by atomic mass is 16.6. The zero-order valence-electron chi connectivity index (χ0n) is 18.6. The van der Waals surface area contributed by atoms with E-state index in [1.807, 2.05) is 0 Å². The van der Waals surface area contributed by atoms with Crippen molar-refractivity contribution in [2.45, 2.75) is 20.5 Å². The molecule has 0 atom stereocenters. The van der Waals surface area contributed by atoms with Crippen LogP contribution in [-0.2, 0) is 11.3 Å². The van der Waals surface area contributed by atoms with Crippen molar-refractivity contribution in [2.75, 3.05) is 12.8 Å². The summed E-state index contributed by atoms with van der Waals surface area (Å²) in [6.45, 7) is 3.34. The Morgan fingerprint density at radius 1 is 1.20 bits per heavy atom. The van der Waals surface area contributed by atoms with Gasteiger partial charge in [-0.15, -0.1) is 10.2 Å². The lowest BCUT2D eigenvalue weighted by molar-refractivity contribution is -0.384. The first kappa shape index (κ1) is 23.1. The summed E-state index contributed by atoms with van der Waals surface area (Å²) in [5.74, 6) is -0.653. The average Bonchev–Trinajstić information content (AvgIpc) is 3.56. The molecule has 180 valence electrons. The number of anilines is 1. The highest BCUT2D eigenvalue weighted by molar-refractivity contribution is 6.00. The number of nitrogens with zero attached hydrogens (tertiary/aromatic N) is 10. The molecule has 0 unspecified atom stereocenters. The number of hydrogen-bond donors (Lipinski definition) is 2. The molecule has 3 heterocycles. The van der Waals surface area contributed by atoms with E-state index in [9.17, 15) is 14.9 Å². The number of nitrogen functional groups attached to an aromatic ring is 1. The molecule has 0 bridgehead atoms. The number of benzene rings is 1. The number of nitro groups is 1. The third-order valence-corrected chi connectivity index (χ3v) is 4.82. The fraction of sp³-hybridized carbons (Fsp3) is 0.222. The van der Waals surface area contributed by atoms with Gasteiger partial charge in [0.1, 0.15) is 11.4 Å². The number of amides is 1. The molecule has 0 aliphatic carbocycles. The summed E-state index contributed by atoms with van der Waals surface area (Å²) in [6.07, 6.45) is 0. The Morgan fingerprint density at radius 2 is 1.89 bits per heavy atom. The van der Waals surface area contributed by atoms with E-state index in [-0.39, 0.29) is 35.3 Å². The maximum atomic E-state index is 12.8. The van der Waals surface area contributed by atoms with Gasteiger partial charge in [0.25, 0.3) is 11.6 Å². The number of carbonyl (C=O) groups is 1. The Labute approximate surface area is 195 Å². The maximum Gasteiger partial charge on any atom is 0.293 e. The minimum Gasteiger partial charge on any atom is -0.378 e. The summed E-state index contributed by atoms with van der Waals surface area (Å²) in [4.78, 5) is 23.1. The fourth-order valence-electron chi connectivity index (χ4n) is 3.12. The first-order valence-corrected chi connectivity index (χ1v) is 9.85. The molecule has 17 heteroatoms. The number of ether oxygens (including phenoxy) is 1. The normalized spacial score (nSPS) is 11.6. The van der Waals surface area contributed by atoms with E-state index in [2.05, 4.69) is 46.1 Å². The van der Waals surface area contributed by atoms with Gasteiger partial charge in [-0.25, -0.2) is 14.7 Å². The molecule has 0 saturated carbocycles. The van der Waals surface area contributed by atoms with Crippen LogP contribution in [0.4, 0.5) is 11.5 Å². The molecule has 1 aromatic carbocycles. The van der Waals surface area contributed by atoms with Gasteiger partial charge in [-0.05, 0) is 36.3 Å². The molecule has 0 fully saturated rings. The Hall–Kier alpha value is -5.06. The van der Waals surface area contributed by atoms with Gasteiger partial charge in [-0.3, -0.25) is 14.9 Å². The van der Waals surface area contributed by atoms with E-state index in [4.69, 9.17) is 10.5 Å². The van der Waals surface area contributed by atoms with Crippen LogP contribution in [0.2, 0.25) is 0 Å². The van der Waals surface area contributed by atoms with Gasteiger partial charge in [0.05, 0.1) is 28.6 Å². The second-order valence-corrected chi connectivity index (χ2v) is 7.05. The van der Waals surface area contributed by atoms with Crippen LogP contribution in [0, 0.1) is 17.0 Å². The summed E-state index contributed by atoms with van der Waals surface area (Å²) < 4.78 is 12.4. The molecule has 0 aliphatic rings. The minimum atomic E-state index is -0.668. The standard InChI is InChI=1S/C18H18N12O5/c1-9(14-10(2)28(26-21-14)11-4-6-12(7-5-11)30(32)33)20-23-18(31)15-13(8-34-3)29(27-22-15)17-16(19)24-35-25-17/h4-7H,8H2,1-3H3,(H2,19,24)(H,23,31). The SMILES string of the molecule is COCc1c(C(=O)NN=C(C)c2nnn(-c3ccc([N+](=O)[O-])cc3)c2C)nnn1-c1nonc1N. The van der Waals surface area contributed by atoms with E-state index in [1.165, 1.54) is 28.6 Å². The Kier molecular flexibility index (Phi) is 6.23. The van der Waals surface area contributed by atoms with E-state index in [1.54, 1.807) is 26.0 Å². The molecule has 0 spiro atoms. The van der Waals surface area contributed by atoms with Crippen molar-refractivity contribution in [3.8, 4) is 11.5 Å². The largest absolute Gasteiger partial charge is 0.378 e. The van der Waals surface area contributed by atoms with E-state index in [0.29, 0.717) is 22.8 Å². The summed E-state index contributed by atoms with van der Waals surface area (Å²) >= 11 is 0. The van der Waals surface area contributed by atoms with Gasteiger partial charge in [0, 0.05) is 19.2 Å². The van der Waals surface area contributed by atoms with E-state index < -0.39 is 10.8 Å². The number of nitrogens with one attached hydrogen (secondary N) is 1. The van der Waals surface area contributed by atoms with E-state index >= 15 is 0 Å². The summed E-state index contributed by atoms with van der Waals surface area (Å²) in [7, 11) is 1.43. The third-order valence-electron chi connectivity index (χ3n) is 4.82. The number of nitrogens with two attached hydrogens (primary N) is 1. The van der Waals surface area contributed by atoms with Crippen LogP contribution in [0.5, 0.6) is 0 Å². The van der Waals surface area contributed by atoms with Crippen molar-refractivity contribution >= 4 is 23.1 Å². The number of nitro benzene ring substituents is 1. The number of rotatable bonds is 8. The molecule has 1 amide bonds. The average molecular weight is 482 g/mol. The van der Waals surface area contributed by atoms with E-state index in [0.717, 1.165) is 0 Å².